The van der Waals surface area contributed by atoms with Crippen LogP contribution in [0.5, 0.6) is 0 Å². The molecule has 2 aromatic carbocycles. The fraction of sp³-hybridized carbons (Fsp3) is 0.238. The molecule has 2 amide bonds. The monoisotopic (exact) mass is 414 g/mol. The van der Waals surface area contributed by atoms with Crippen molar-refractivity contribution in [1.82, 2.24) is 9.62 Å². The first-order valence-corrected chi connectivity index (χ1v) is 10.7. The van der Waals surface area contributed by atoms with Gasteiger partial charge in [-0.15, -0.1) is 0 Å². The van der Waals surface area contributed by atoms with Gasteiger partial charge in [-0.1, -0.05) is 54.6 Å². The minimum Gasteiger partial charge on any atom is -0.465 e. The molecule has 7 nitrogen and oxygen atoms in total. The summed E-state index contributed by atoms with van der Waals surface area (Å²) in [6.45, 7) is 0.0282. The van der Waals surface area contributed by atoms with Crippen molar-refractivity contribution >= 4 is 22.0 Å². The van der Waals surface area contributed by atoms with Crippen molar-refractivity contribution in [3.63, 3.8) is 0 Å². The number of carbonyl (C=O) groups is 2. The van der Waals surface area contributed by atoms with Crippen molar-refractivity contribution in [1.29, 1.82) is 0 Å². The molecule has 0 spiro atoms. The summed E-state index contributed by atoms with van der Waals surface area (Å²) in [4.78, 5) is 25.2. The summed E-state index contributed by atoms with van der Waals surface area (Å²) in [5.41, 5.74) is 1.08. The number of rotatable bonds is 5. The van der Waals surface area contributed by atoms with Gasteiger partial charge in [-0.25, -0.2) is 22.8 Å². The maximum atomic E-state index is 12.9. The summed E-state index contributed by atoms with van der Waals surface area (Å²) in [6, 6.07) is 16.4. The van der Waals surface area contributed by atoms with Crippen molar-refractivity contribution in [2.45, 2.75) is 30.2 Å². The van der Waals surface area contributed by atoms with Gasteiger partial charge in [0.2, 0.25) is 10.0 Å². The minimum absolute atomic E-state index is 0.0282. The molecule has 1 unspecified atom stereocenters. The zero-order valence-corrected chi connectivity index (χ0v) is 16.5. The Labute approximate surface area is 169 Å². The van der Waals surface area contributed by atoms with Gasteiger partial charge in [0.1, 0.15) is 0 Å². The highest BCUT2D eigenvalue weighted by atomic mass is 32.2. The molecule has 1 aliphatic heterocycles. The van der Waals surface area contributed by atoms with Gasteiger partial charge >= 0.3 is 6.09 Å². The average Bonchev–Trinajstić information content (AvgIpc) is 2.86. The number of allylic oxidation sites excluding steroid dienone is 1. The molecule has 29 heavy (non-hydrogen) atoms. The number of amides is 2. The van der Waals surface area contributed by atoms with E-state index in [4.69, 9.17) is 0 Å². The summed E-state index contributed by atoms with van der Waals surface area (Å²) < 4.78 is 28.1. The summed E-state index contributed by atoms with van der Waals surface area (Å²) in [7, 11) is -3.86. The number of nitrogens with zero attached hydrogens (tertiary/aromatic N) is 1. The standard InChI is InChI=1S/C21H22N2O5S/c24-20-18(14-13-16-8-3-1-4-9-16)19(12-7-15-23(20)21(25)26)22-29(27,28)17-10-5-2-6-11-17/h1-6,8-11,14,19,22H,7,12-13,15H2,(H,25,26)/b18-14-. The van der Waals surface area contributed by atoms with Crippen LogP contribution in [0.3, 0.4) is 0 Å². The van der Waals surface area contributed by atoms with E-state index in [0.29, 0.717) is 19.3 Å². The lowest BCUT2D eigenvalue weighted by atomic mass is 10.0. The van der Waals surface area contributed by atoms with Crippen LogP contribution in [0.25, 0.3) is 0 Å². The van der Waals surface area contributed by atoms with E-state index < -0.39 is 28.1 Å². The van der Waals surface area contributed by atoms with Crippen LogP contribution in [0.4, 0.5) is 4.79 Å². The molecule has 2 N–H and O–H groups in total. The number of carboxylic acid groups (broad SMARTS) is 1. The first-order valence-electron chi connectivity index (χ1n) is 9.24. The van der Waals surface area contributed by atoms with Gasteiger partial charge in [0.15, 0.2) is 0 Å². The Kier molecular flexibility index (Phi) is 6.46. The third-order valence-electron chi connectivity index (χ3n) is 4.72. The smallest absolute Gasteiger partial charge is 0.414 e. The van der Waals surface area contributed by atoms with Crippen molar-refractivity contribution in [2.75, 3.05) is 6.54 Å². The number of sulfonamides is 1. The van der Waals surface area contributed by atoms with Crippen LogP contribution in [0.15, 0.2) is 77.2 Å². The van der Waals surface area contributed by atoms with Crippen molar-refractivity contribution in [3.8, 4) is 0 Å². The molecule has 8 heteroatoms. The van der Waals surface area contributed by atoms with Crippen LogP contribution in [-0.4, -0.2) is 43.0 Å². The van der Waals surface area contributed by atoms with Gasteiger partial charge in [-0.3, -0.25) is 4.79 Å². The van der Waals surface area contributed by atoms with Crippen molar-refractivity contribution in [3.05, 3.63) is 77.9 Å². The molecule has 3 rings (SSSR count). The van der Waals surface area contributed by atoms with Crippen LogP contribution in [0.2, 0.25) is 0 Å². The lowest BCUT2D eigenvalue weighted by Gasteiger charge is -2.20. The first kappa shape index (κ1) is 20.8. The number of benzene rings is 2. The SMILES string of the molecule is O=C(O)N1CCCC(NS(=O)(=O)c2ccccc2)/C(=C/Cc2ccccc2)C1=O. The van der Waals surface area contributed by atoms with E-state index in [2.05, 4.69) is 4.72 Å². The lowest BCUT2D eigenvalue weighted by Crippen LogP contribution is -2.41. The normalized spacial score (nSPS) is 19.2. The highest BCUT2D eigenvalue weighted by Crippen LogP contribution is 2.22. The summed E-state index contributed by atoms with van der Waals surface area (Å²) in [6.07, 6.45) is 1.35. The van der Waals surface area contributed by atoms with Crippen molar-refractivity contribution < 1.29 is 23.1 Å². The Bertz CT molecular complexity index is 1000. The fourth-order valence-electron chi connectivity index (χ4n) is 3.25. The number of nitrogens with one attached hydrogen (secondary N) is 1. The van der Waals surface area contributed by atoms with Gasteiger partial charge in [0, 0.05) is 12.1 Å². The van der Waals surface area contributed by atoms with Gasteiger partial charge in [-0.2, -0.15) is 0 Å². The average molecular weight is 414 g/mol. The maximum Gasteiger partial charge on any atom is 0.414 e. The first-order chi connectivity index (χ1) is 13.9. The molecule has 0 bridgehead atoms. The maximum absolute atomic E-state index is 12.9. The quantitative estimate of drug-likeness (QED) is 0.732. The van der Waals surface area contributed by atoms with Crippen LogP contribution >= 0.6 is 0 Å². The lowest BCUT2D eigenvalue weighted by molar-refractivity contribution is -0.125. The molecule has 0 aliphatic carbocycles. The molecule has 1 saturated heterocycles. The van der Waals surface area contributed by atoms with Crippen molar-refractivity contribution in [2.24, 2.45) is 0 Å². The topological polar surface area (TPSA) is 104 Å². The Hall–Kier alpha value is -2.97. The van der Waals surface area contributed by atoms with E-state index in [1.807, 2.05) is 30.3 Å². The van der Waals surface area contributed by atoms with Crippen LogP contribution in [0, 0.1) is 0 Å². The number of imide groups is 1. The predicted molar refractivity (Wildman–Crippen MR) is 108 cm³/mol. The number of hydrogen-bond acceptors (Lipinski definition) is 4. The predicted octanol–water partition coefficient (Wildman–Crippen LogP) is 2.80. The minimum atomic E-state index is -3.86. The molecular weight excluding hydrogens is 392 g/mol. The number of carbonyl (C=O) groups excluding carboxylic acids is 1. The van der Waals surface area contributed by atoms with Gasteiger partial charge < -0.3 is 5.11 Å². The van der Waals surface area contributed by atoms with Gasteiger partial charge in [-0.05, 0) is 37.0 Å². The van der Waals surface area contributed by atoms with Crippen LogP contribution in [0.1, 0.15) is 18.4 Å². The molecule has 1 fully saturated rings. The molecule has 1 aliphatic rings. The van der Waals surface area contributed by atoms with E-state index in [1.54, 1.807) is 24.3 Å². The van der Waals surface area contributed by atoms with E-state index >= 15 is 0 Å². The third kappa shape index (κ3) is 5.10. The molecular formula is C21H22N2O5S. The molecule has 152 valence electrons. The van der Waals surface area contributed by atoms with Crippen LogP contribution in [-0.2, 0) is 21.2 Å². The molecule has 1 atom stereocenters. The third-order valence-corrected chi connectivity index (χ3v) is 6.21. The zero-order valence-electron chi connectivity index (χ0n) is 15.7. The second-order valence-electron chi connectivity index (χ2n) is 6.72. The molecule has 0 saturated carbocycles. The summed E-state index contributed by atoms with van der Waals surface area (Å²) in [5, 5.41) is 9.37. The van der Waals surface area contributed by atoms with E-state index in [9.17, 15) is 23.1 Å². The Morgan fingerprint density at radius 1 is 1.10 bits per heavy atom. The molecule has 0 radical (unpaired) electrons. The molecule has 2 aromatic rings. The van der Waals surface area contributed by atoms with Gasteiger partial charge in [0.05, 0.1) is 10.9 Å². The summed E-state index contributed by atoms with van der Waals surface area (Å²) in [5.74, 6) is -0.688. The zero-order chi connectivity index (χ0) is 20.9. The van der Waals surface area contributed by atoms with E-state index in [1.165, 1.54) is 12.1 Å². The van der Waals surface area contributed by atoms with E-state index in [0.717, 1.165) is 10.5 Å². The molecule has 0 aromatic heterocycles. The Morgan fingerprint density at radius 3 is 2.34 bits per heavy atom. The molecule has 1 heterocycles. The summed E-state index contributed by atoms with van der Waals surface area (Å²) >= 11 is 0. The highest BCUT2D eigenvalue weighted by molar-refractivity contribution is 7.89. The number of hydrogen-bond donors (Lipinski definition) is 2. The second-order valence-corrected chi connectivity index (χ2v) is 8.43. The Morgan fingerprint density at radius 2 is 1.72 bits per heavy atom. The van der Waals surface area contributed by atoms with E-state index in [-0.39, 0.29) is 17.0 Å². The second kappa shape index (κ2) is 9.02. The van der Waals surface area contributed by atoms with Crippen LogP contribution < -0.4 is 4.72 Å². The highest BCUT2D eigenvalue weighted by Gasteiger charge is 2.34. The fourth-order valence-corrected chi connectivity index (χ4v) is 4.52. The number of likely N-dealkylation sites (tertiary alicyclic amines) is 1. The Balaban J connectivity index is 1.93. The van der Waals surface area contributed by atoms with Gasteiger partial charge in [0.25, 0.3) is 5.91 Å². The largest absolute Gasteiger partial charge is 0.465 e.